The van der Waals surface area contributed by atoms with Gasteiger partial charge < -0.3 is 14.3 Å². The maximum atomic E-state index is 11.8. The van der Waals surface area contributed by atoms with Gasteiger partial charge in [0.05, 0.1) is 17.9 Å². The van der Waals surface area contributed by atoms with Crippen molar-refractivity contribution in [1.82, 2.24) is 0 Å². The van der Waals surface area contributed by atoms with E-state index < -0.39 is 29.7 Å². The maximum absolute atomic E-state index is 11.8. The van der Waals surface area contributed by atoms with E-state index in [1.165, 1.54) is 12.3 Å². The Kier molecular flexibility index (Phi) is 4.65. The molecular formula is C12H14O6. The van der Waals surface area contributed by atoms with Crippen LogP contribution in [0.1, 0.15) is 30.6 Å². The Hall–Kier alpha value is -2.11. The molecule has 0 aliphatic carbocycles. The van der Waals surface area contributed by atoms with Crippen LogP contribution < -0.4 is 0 Å². The van der Waals surface area contributed by atoms with Gasteiger partial charge in [-0.3, -0.25) is 14.4 Å². The largest absolute Gasteiger partial charge is 0.480 e. The number of carboxylic acids is 1. The van der Waals surface area contributed by atoms with Crippen molar-refractivity contribution >= 4 is 17.7 Å². The Morgan fingerprint density at radius 3 is 2.56 bits per heavy atom. The highest BCUT2D eigenvalue weighted by atomic mass is 16.5. The van der Waals surface area contributed by atoms with Crippen molar-refractivity contribution in [3.63, 3.8) is 0 Å². The van der Waals surface area contributed by atoms with Crippen molar-refractivity contribution < 1.29 is 28.6 Å². The molecule has 1 aromatic heterocycles. The fourth-order valence-electron chi connectivity index (χ4n) is 1.24. The SMILES string of the molecule is CCC(C)OC(=O)C(C(=O)O)C(=O)c1ccoc1. The first kappa shape index (κ1) is 14.0. The molecule has 0 spiro atoms. The van der Waals surface area contributed by atoms with E-state index in [1.54, 1.807) is 13.8 Å². The number of hydrogen-bond acceptors (Lipinski definition) is 5. The van der Waals surface area contributed by atoms with Crippen LogP contribution in [0.2, 0.25) is 0 Å². The average Bonchev–Trinajstić information content (AvgIpc) is 2.81. The van der Waals surface area contributed by atoms with E-state index in [-0.39, 0.29) is 5.56 Å². The number of furan rings is 1. The zero-order valence-electron chi connectivity index (χ0n) is 10.1. The summed E-state index contributed by atoms with van der Waals surface area (Å²) in [5, 5.41) is 8.95. The summed E-state index contributed by atoms with van der Waals surface area (Å²) in [6, 6.07) is 1.30. The Morgan fingerprint density at radius 1 is 1.44 bits per heavy atom. The summed E-state index contributed by atoms with van der Waals surface area (Å²) >= 11 is 0. The van der Waals surface area contributed by atoms with Gasteiger partial charge in [0, 0.05) is 0 Å². The highest BCUT2D eigenvalue weighted by Gasteiger charge is 2.37. The molecule has 0 saturated carbocycles. The lowest BCUT2D eigenvalue weighted by atomic mass is 10.00. The summed E-state index contributed by atoms with van der Waals surface area (Å²) in [6.07, 6.45) is 2.43. The lowest BCUT2D eigenvalue weighted by molar-refractivity contribution is -0.159. The second-order valence-electron chi connectivity index (χ2n) is 3.80. The minimum atomic E-state index is -1.85. The van der Waals surface area contributed by atoms with Crippen LogP contribution in [0.3, 0.4) is 0 Å². The fraction of sp³-hybridized carbons (Fsp3) is 0.417. The summed E-state index contributed by atoms with van der Waals surface area (Å²) in [7, 11) is 0. The molecule has 2 unspecified atom stereocenters. The third-order valence-corrected chi connectivity index (χ3v) is 2.44. The standard InChI is InChI=1S/C12H14O6/c1-3-7(2)18-12(16)9(11(14)15)10(13)8-4-5-17-6-8/h4-7,9H,3H2,1-2H3,(H,14,15). The first-order valence-electron chi connectivity index (χ1n) is 5.47. The van der Waals surface area contributed by atoms with Gasteiger partial charge in [-0.1, -0.05) is 6.92 Å². The molecule has 0 fully saturated rings. The number of rotatable bonds is 6. The first-order valence-corrected chi connectivity index (χ1v) is 5.47. The summed E-state index contributed by atoms with van der Waals surface area (Å²) in [5.41, 5.74) is 0.0310. The molecule has 0 saturated heterocycles. The van der Waals surface area contributed by atoms with Gasteiger partial charge in [0.25, 0.3) is 0 Å². The summed E-state index contributed by atoms with van der Waals surface area (Å²) in [5.74, 6) is -5.28. The molecule has 0 aliphatic rings. The summed E-state index contributed by atoms with van der Waals surface area (Å²) < 4.78 is 9.55. The van der Waals surface area contributed by atoms with Crippen LogP contribution in [-0.4, -0.2) is 28.9 Å². The molecule has 6 nitrogen and oxygen atoms in total. The van der Waals surface area contributed by atoms with Crippen LogP contribution >= 0.6 is 0 Å². The van der Waals surface area contributed by atoms with E-state index in [0.29, 0.717) is 6.42 Å². The number of Topliss-reactive ketones (excluding diaryl/α,β-unsaturated/α-hetero) is 1. The molecule has 1 rings (SSSR count). The molecule has 0 aromatic carbocycles. The maximum Gasteiger partial charge on any atom is 0.328 e. The third-order valence-electron chi connectivity index (χ3n) is 2.44. The van der Waals surface area contributed by atoms with Crippen molar-refractivity contribution in [2.75, 3.05) is 0 Å². The first-order chi connectivity index (χ1) is 8.47. The van der Waals surface area contributed by atoms with Crippen molar-refractivity contribution in [1.29, 1.82) is 0 Å². The van der Waals surface area contributed by atoms with E-state index in [1.807, 2.05) is 0 Å². The molecule has 2 atom stereocenters. The van der Waals surface area contributed by atoms with E-state index in [4.69, 9.17) is 9.84 Å². The molecule has 98 valence electrons. The fourth-order valence-corrected chi connectivity index (χ4v) is 1.24. The minimum Gasteiger partial charge on any atom is -0.480 e. The molecule has 0 radical (unpaired) electrons. The lowest BCUT2D eigenvalue weighted by Crippen LogP contribution is -2.34. The van der Waals surface area contributed by atoms with Crippen molar-refractivity contribution in [3.8, 4) is 0 Å². The number of ether oxygens (including phenoxy) is 1. The van der Waals surface area contributed by atoms with Crippen LogP contribution in [0.15, 0.2) is 23.0 Å². The van der Waals surface area contributed by atoms with Gasteiger partial charge in [-0.05, 0) is 19.4 Å². The molecule has 0 bridgehead atoms. The van der Waals surface area contributed by atoms with Crippen LogP contribution in [0.25, 0.3) is 0 Å². The second-order valence-corrected chi connectivity index (χ2v) is 3.80. The molecule has 18 heavy (non-hydrogen) atoms. The zero-order chi connectivity index (χ0) is 13.7. The van der Waals surface area contributed by atoms with Gasteiger partial charge in [-0.25, -0.2) is 0 Å². The van der Waals surface area contributed by atoms with Crippen LogP contribution in [0.5, 0.6) is 0 Å². The Balaban J connectivity index is 2.86. The number of carboxylic acid groups (broad SMARTS) is 1. The normalized spacial score (nSPS) is 13.7. The van der Waals surface area contributed by atoms with Gasteiger partial charge in [0.2, 0.25) is 5.92 Å². The quantitative estimate of drug-likeness (QED) is 0.469. The van der Waals surface area contributed by atoms with Gasteiger partial charge >= 0.3 is 11.9 Å². The van der Waals surface area contributed by atoms with Gasteiger partial charge in [0.1, 0.15) is 6.26 Å². The smallest absolute Gasteiger partial charge is 0.328 e. The molecule has 6 heteroatoms. The topological polar surface area (TPSA) is 93.8 Å². The van der Waals surface area contributed by atoms with E-state index in [9.17, 15) is 14.4 Å². The average molecular weight is 254 g/mol. The van der Waals surface area contributed by atoms with Crippen molar-refractivity contribution in [3.05, 3.63) is 24.2 Å². The second kappa shape index (κ2) is 6.00. The predicted molar refractivity (Wildman–Crippen MR) is 60.0 cm³/mol. The Morgan fingerprint density at radius 2 is 2.11 bits per heavy atom. The number of esters is 1. The van der Waals surface area contributed by atoms with Crippen molar-refractivity contribution in [2.24, 2.45) is 5.92 Å². The highest BCUT2D eigenvalue weighted by Crippen LogP contribution is 2.13. The monoisotopic (exact) mass is 254 g/mol. The molecule has 0 aliphatic heterocycles. The number of ketones is 1. The van der Waals surface area contributed by atoms with Gasteiger partial charge in [-0.2, -0.15) is 0 Å². The zero-order valence-corrected chi connectivity index (χ0v) is 10.1. The molecule has 1 heterocycles. The number of carbonyl (C=O) groups is 3. The summed E-state index contributed by atoms with van der Waals surface area (Å²) in [4.78, 5) is 34.4. The van der Waals surface area contributed by atoms with Crippen LogP contribution in [-0.2, 0) is 14.3 Å². The third kappa shape index (κ3) is 3.19. The Labute approximate surface area is 104 Å². The highest BCUT2D eigenvalue weighted by molar-refractivity contribution is 6.20. The predicted octanol–water partition coefficient (Wildman–Crippen LogP) is 1.50. The van der Waals surface area contributed by atoms with Crippen LogP contribution in [0.4, 0.5) is 0 Å². The van der Waals surface area contributed by atoms with Gasteiger partial charge in [0.15, 0.2) is 5.78 Å². The number of aliphatic carboxylic acids is 1. The van der Waals surface area contributed by atoms with Crippen LogP contribution in [0, 0.1) is 5.92 Å². The number of carbonyl (C=O) groups excluding carboxylic acids is 2. The van der Waals surface area contributed by atoms with E-state index in [0.717, 1.165) is 6.26 Å². The van der Waals surface area contributed by atoms with E-state index in [2.05, 4.69) is 4.42 Å². The summed E-state index contributed by atoms with van der Waals surface area (Å²) in [6.45, 7) is 3.41. The Bertz CT molecular complexity index is 433. The molecular weight excluding hydrogens is 240 g/mol. The van der Waals surface area contributed by atoms with Gasteiger partial charge in [-0.15, -0.1) is 0 Å². The lowest BCUT2D eigenvalue weighted by Gasteiger charge is -2.14. The minimum absolute atomic E-state index is 0.0310. The van der Waals surface area contributed by atoms with E-state index >= 15 is 0 Å². The van der Waals surface area contributed by atoms with Crippen molar-refractivity contribution in [2.45, 2.75) is 26.4 Å². The molecule has 1 aromatic rings. The number of hydrogen-bond donors (Lipinski definition) is 1. The molecule has 0 amide bonds. The molecule has 1 N–H and O–H groups in total.